The van der Waals surface area contributed by atoms with Gasteiger partial charge in [0.2, 0.25) is 0 Å². The summed E-state index contributed by atoms with van der Waals surface area (Å²) in [5.74, 6) is 0. The van der Waals surface area contributed by atoms with Crippen molar-refractivity contribution in [1.82, 2.24) is 15.1 Å². The Hall–Kier alpha value is -0.120. The van der Waals surface area contributed by atoms with Crippen LogP contribution in [0.1, 0.15) is 33.1 Å². The lowest BCUT2D eigenvalue weighted by molar-refractivity contribution is 0.0986. The van der Waals surface area contributed by atoms with E-state index in [-0.39, 0.29) is 0 Å². The Kier molecular flexibility index (Phi) is 7.01. The Balaban J connectivity index is 2.00. The van der Waals surface area contributed by atoms with E-state index < -0.39 is 0 Å². The van der Waals surface area contributed by atoms with Crippen molar-refractivity contribution >= 4 is 0 Å². The minimum Gasteiger partial charge on any atom is -0.317 e. The van der Waals surface area contributed by atoms with Crippen LogP contribution >= 0.6 is 0 Å². The van der Waals surface area contributed by atoms with Crippen LogP contribution in [0.4, 0.5) is 0 Å². The van der Waals surface area contributed by atoms with Gasteiger partial charge in [0.05, 0.1) is 0 Å². The van der Waals surface area contributed by atoms with Crippen molar-refractivity contribution < 1.29 is 0 Å². The maximum atomic E-state index is 3.46. The van der Waals surface area contributed by atoms with Crippen molar-refractivity contribution in [3.63, 3.8) is 0 Å². The molecule has 0 aromatic heterocycles. The van der Waals surface area contributed by atoms with Crippen molar-refractivity contribution in [3.05, 3.63) is 0 Å². The van der Waals surface area contributed by atoms with Gasteiger partial charge in [0.15, 0.2) is 0 Å². The Labute approximate surface area is 101 Å². The van der Waals surface area contributed by atoms with E-state index >= 15 is 0 Å². The lowest BCUT2D eigenvalue weighted by Crippen LogP contribution is -2.50. The molecule has 16 heavy (non-hydrogen) atoms. The second kappa shape index (κ2) is 8.04. The topological polar surface area (TPSA) is 18.5 Å². The van der Waals surface area contributed by atoms with Crippen molar-refractivity contribution in [1.29, 1.82) is 0 Å². The van der Waals surface area contributed by atoms with Gasteiger partial charge in [0.1, 0.15) is 0 Å². The molecule has 0 amide bonds. The first-order valence-electron chi connectivity index (χ1n) is 6.87. The molecule has 0 radical (unpaired) electrons. The van der Waals surface area contributed by atoms with E-state index in [1.54, 1.807) is 0 Å². The molecule has 3 nitrogen and oxygen atoms in total. The third-order valence-corrected chi connectivity index (χ3v) is 3.44. The lowest BCUT2D eigenvalue weighted by Gasteiger charge is -2.38. The average Bonchev–Trinajstić information content (AvgIpc) is 2.26. The zero-order valence-corrected chi connectivity index (χ0v) is 11.3. The highest BCUT2D eigenvalue weighted by atomic mass is 15.3. The predicted octanol–water partition coefficient (Wildman–Crippen LogP) is 1.40. The first kappa shape index (κ1) is 13.9. The number of unbranched alkanes of at least 4 members (excludes halogenated alkanes) is 1. The van der Waals surface area contributed by atoms with Crippen LogP contribution in [0.2, 0.25) is 0 Å². The first-order valence-corrected chi connectivity index (χ1v) is 6.87. The molecule has 0 aliphatic carbocycles. The molecule has 1 rings (SSSR count). The molecular weight excluding hydrogens is 198 g/mol. The van der Waals surface area contributed by atoms with Crippen LogP contribution < -0.4 is 5.32 Å². The first-order chi connectivity index (χ1) is 7.74. The second-order valence-corrected chi connectivity index (χ2v) is 5.10. The predicted molar refractivity (Wildman–Crippen MR) is 70.9 cm³/mol. The molecule has 1 saturated heterocycles. The van der Waals surface area contributed by atoms with Crippen LogP contribution in [0.25, 0.3) is 0 Å². The second-order valence-electron chi connectivity index (χ2n) is 5.10. The number of nitrogens with zero attached hydrogens (tertiary/aromatic N) is 2. The van der Waals surface area contributed by atoms with Gasteiger partial charge in [-0.3, -0.25) is 4.90 Å². The zero-order valence-electron chi connectivity index (χ0n) is 11.3. The van der Waals surface area contributed by atoms with E-state index in [1.165, 1.54) is 58.5 Å². The standard InChI is InChI=1S/C13H29N3/c1-4-7-14-8-5-6-9-16-11-10-15(3)12-13(16)2/h13-14H,4-12H2,1-3H3. The van der Waals surface area contributed by atoms with Gasteiger partial charge >= 0.3 is 0 Å². The molecule has 3 heteroatoms. The molecule has 0 aromatic carbocycles. The molecule has 0 spiro atoms. The molecule has 1 N–H and O–H groups in total. The summed E-state index contributed by atoms with van der Waals surface area (Å²) in [7, 11) is 2.22. The van der Waals surface area contributed by atoms with Crippen LogP contribution in [0.3, 0.4) is 0 Å². The number of hydrogen-bond acceptors (Lipinski definition) is 3. The van der Waals surface area contributed by atoms with E-state index in [2.05, 4.69) is 36.0 Å². The van der Waals surface area contributed by atoms with E-state index in [0.717, 1.165) is 6.04 Å². The fourth-order valence-corrected chi connectivity index (χ4v) is 2.38. The normalized spacial score (nSPS) is 23.8. The number of nitrogens with one attached hydrogen (secondary N) is 1. The molecule has 0 aromatic rings. The number of likely N-dealkylation sites (N-methyl/N-ethyl adjacent to an activating group) is 1. The fourth-order valence-electron chi connectivity index (χ4n) is 2.38. The third kappa shape index (κ3) is 5.28. The van der Waals surface area contributed by atoms with E-state index in [4.69, 9.17) is 0 Å². The molecule has 1 unspecified atom stereocenters. The summed E-state index contributed by atoms with van der Waals surface area (Å²) >= 11 is 0. The summed E-state index contributed by atoms with van der Waals surface area (Å²) < 4.78 is 0. The summed E-state index contributed by atoms with van der Waals surface area (Å²) in [5.41, 5.74) is 0. The minimum absolute atomic E-state index is 0.738. The largest absolute Gasteiger partial charge is 0.317 e. The SMILES string of the molecule is CCCNCCCCN1CCN(C)CC1C. The maximum Gasteiger partial charge on any atom is 0.0195 e. The summed E-state index contributed by atoms with van der Waals surface area (Å²) in [6.07, 6.45) is 3.90. The van der Waals surface area contributed by atoms with Gasteiger partial charge in [-0.05, 0) is 52.9 Å². The van der Waals surface area contributed by atoms with Crippen LogP contribution in [0, 0.1) is 0 Å². The summed E-state index contributed by atoms with van der Waals surface area (Å²) in [6, 6.07) is 0.738. The van der Waals surface area contributed by atoms with Crippen LogP contribution in [0.15, 0.2) is 0 Å². The van der Waals surface area contributed by atoms with Gasteiger partial charge in [-0.15, -0.1) is 0 Å². The molecule has 1 aliphatic rings. The lowest BCUT2D eigenvalue weighted by atomic mass is 10.2. The quantitative estimate of drug-likeness (QED) is 0.663. The molecule has 96 valence electrons. The number of piperazine rings is 1. The average molecular weight is 227 g/mol. The maximum absolute atomic E-state index is 3.46. The Morgan fingerprint density at radius 2 is 2.00 bits per heavy atom. The Morgan fingerprint density at radius 1 is 1.19 bits per heavy atom. The summed E-state index contributed by atoms with van der Waals surface area (Å²) in [5, 5.41) is 3.46. The van der Waals surface area contributed by atoms with Crippen molar-refractivity contribution in [3.8, 4) is 0 Å². The zero-order chi connectivity index (χ0) is 11.8. The van der Waals surface area contributed by atoms with E-state index in [1.807, 2.05) is 0 Å². The van der Waals surface area contributed by atoms with Crippen molar-refractivity contribution in [2.75, 3.05) is 46.3 Å². The molecule has 0 saturated carbocycles. The highest BCUT2D eigenvalue weighted by Crippen LogP contribution is 2.08. The molecule has 0 bridgehead atoms. The minimum atomic E-state index is 0.738. The van der Waals surface area contributed by atoms with Crippen molar-refractivity contribution in [2.45, 2.75) is 39.2 Å². The smallest absolute Gasteiger partial charge is 0.0195 e. The van der Waals surface area contributed by atoms with Crippen LogP contribution in [-0.4, -0.2) is 62.2 Å². The molecule has 1 atom stereocenters. The number of hydrogen-bond donors (Lipinski definition) is 1. The Morgan fingerprint density at radius 3 is 2.69 bits per heavy atom. The van der Waals surface area contributed by atoms with Gasteiger partial charge in [-0.1, -0.05) is 6.92 Å². The highest BCUT2D eigenvalue weighted by Gasteiger charge is 2.20. The molecule has 1 heterocycles. The summed E-state index contributed by atoms with van der Waals surface area (Å²) in [6.45, 7) is 11.9. The van der Waals surface area contributed by atoms with Gasteiger partial charge in [0, 0.05) is 25.7 Å². The third-order valence-electron chi connectivity index (χ3n) is 3.44. The monoisotopic (exact) mass is 227 g/mol. The van der Waals surface area contributed by atoms with E-state index in [0.29, 0.717) is 0 Å². The van der Waals surface area contributed by atoms with Crippen LogP contribution in [-0.2, 0) is 0 Å². The Bertz CT molecular complexity index is 173. The van der Waals surface area contributed by atoms with Crippen molar-refractivity contribution in [2.24, 2.45) is 0 Å². The molecule has 1 aliphatic heterocycles. The summed E-state index contributed by atoms with van der Waals surface area (Å²) in [4.78, 5) is 5.07. The molecule has 1 fully saturated rings. The van der Waals surface area contributed by atoms with Gasteiger partial charge in [-0.2, -0.15) is 0 Å². The van der Waals surface area contributed by atoms with Gasteiger partial charge in [0.25, 0.3) is 0 Å². The van der Waals surface area contributed by atoms with Crippen LogP contribution in [0.5, 0.6) is 0 Å². The van der Waals surface area contributed by atoms with Gasteiger partial charge < -0.3 is 10.2 Å². The number of rotatable bonds is 7. The molecular formula is C13H29N3. The van der Waals surface area contributed by atoms with Gasteiger partial charge in [-0.25, -0.2) is 0 Å². The highest BCUT2D eigenvalue weighted by molar-refractivity contribution is 4.76. The fraction of sp³-hybridized carbons (Fsp3) is 1.00. The van der Waals surface area contributed by atoms with E-state index in [9.17, 15) is 0 Å².